The van der Waals surface area contributed by atoms with E-state index < -0.39 is 173 Å². The number of hydrogen-bond acceptors (Lipinski definition) is 12. The Labute approximate surface area is 579 Å². The van der Waals surface area contributed by atoms with E-state index in [0.29, 0.717) is 44.1 Å². The molecule has 2 aliphatic heterocycles. The number of hydrogen-bond donors (Lipinski definition) is 3. The van der Waals surface area contributed by atoms with Crippen molar-refractivity contribution in [2.45, 2.75) is 191 Å². The van der Waals surface area contributed by atoms with Gasteiger partial charge in [0.25, 0.3) is 0 Å². The summed E-state index contributed by atoms with van der Waals surface area (Å²) in [6.07, 6.45) is -0.952. The van der Waals surface area contributed by atoms with Gasteiger partial charge in [0.2, 0.25) is 70.9 Å². The summed E-state index contributed by atoms with van der Waals surface area (Å²) in [5, 5.41) is 8.04. The Bertz CT molecular complexity index is 3250. The summed E-state index contributed by atoms with van der Waals surface area (Å²) in [4.78, 5) is 188. The zero-order valence-corrected chi connectivity index (χ0v) is 60.1. The average Bonchev–Trinajstić information content (AvgIpc) is 1.52. The number of amides is 12. The van der Waals surface area contributed by atoms with Crippen molar-refractivity contribution in [1.29, 1.82) is 0 Å². The lowest BCUT2D eigenvalue weighted by atomic mass is 9.90. The number of rotatable bonds is 11. The summed E-state index contributed by atoms with van der Waals surface area (Å²) >= 11 is 6.14. The standard InChI is InChI=1S/C70H102ClF3N12O12/c1-15-44(5)59-66(96)81(10)40-57(89)79(8)41-58(90)83(12)53(37-46-26-24-43(4)25-27-46)65(95)80(9)39-55(87)75-50(31-29-45-28-30-48(49(71)36-45)70(72,73)74)63(93)86-34-20-23-51(86)62(92)77-69(32-18-19-33-69)68(98)85(14)60(47-21-16-17-22-47)67(97)84(13)54(64(94)78(6)7)38-56(88)82(11)52(35-42(2)3)61(91)76-59/h24-28,30,36,42,44,47,50-54,59-60H,15-23,29,31-35,37-41H2,1-14H3,(H,75,87)(H,76,91)(H,77,92)/t44-,50-,51-,52-,53-,54-,59-,60-/m0/s1. The van der Waals surface area contributed by atoms with Crippen LogP contribution in [0.25, 0.3) is 0 Å². The minimum absolute atomic E-state index is 0.0191. The van der Waals surface area contributed by atoms with Gasteiger partial charge in [-0.05, 0) is 106 Å². The predicted octanol–water partition coefficient (Wildman–Crippen LogP) is 4.69. The van der Waals surface area contributed by atoms with Crippen LogP contribution in [0.1, 0.15) is 140 Å². The Hall–Kier alpha value is -7.84. The van der Waals surface area contributed by atoms with E-state index in [0.717, 1.165) is 50.1 Å². The Morgan fingerprint density at radius 3 is 1.84 bits per heavy atom. The highest BCUT2D eigenvalue weighted by Gasteiger charge is 2.51. The van der Waals surface area contributed by atoms with Crippen molar-refractivity contribution in [1.82, 2.24) is 60.0 Å². The van der Waals surface area contributed by atoms with Gasteiger partial charge in [-0.15, -0.1) is 0 Å². The number of halogens is 4. The van der Waals surface area contributed by atoms with E-state index in [1.54, 1.807) is 19.1 Å². The lowest BCUT2D eigenvalue weighted by Gasteiger charge is -2.42. The molecule has 4 aliphatic rings. The molecule has 2 aliphatic carbocycles. The van der Waals surface area contributed by atoms with Crippen molar-refractivity contribution in [3.63, 3.8) is 0 Å². The maximum Gasteiger partial charge on any atom is 0.417 e. The summed E-state index contributed by atoms with van der Waals surface area (Å²) in [6.45, 7) is 7.32. The lowest BCUT2D eigenvalue weighted by molar-refractivity contribution is -0.156. The number of fused-ring (bicyclic) bond motifs is 1. The van der Waals surface area contributed by atoms with E-state index in [-0.39, 0.29) is 63.0 Å². The number of carbonyl (C=O) groups excluding carboxylic acids is 12. The summed E-state index contributed by atoms with van der Waals surface area (Å²) in [5.74, 6) is -9.37. The Morgan fingerprint density at radius 1 is 0.663 bits per heavy atom. The highest BCUT2D eigenvalue weighted by Crippen LogP contribution is 2.38. The van der Waals surface area contributed by atoms with Gasteiger partial charge in [0.15, 0.2) is 0 Å². The maximum atomic E-state index is 15.5. The first kappa shape index (κ1) is 79.1. The molecule has 2 saturated carbocycles. The van der Waals surface area contributed by atoms with Crippen LogP contribution in [-0.4, -0.2) is 252 Å². The summed E-state index contributed by atoms with van der Waals surface area (Å²) in [7, 11) is 12.6. The molecule has 28 heteroatoms. The molecule has 2 heterocycles. The molecule has 2 saturated heterocycles. The predicted molar refractivity (Wildman–Crippen MR) is 361 cm³/mol. The van der Waals surface area contributed by atoms with Crippen LogP contribution in [0, 0.1) is 24.7 Å². The minimum atomic E-state index is -4.77. The molecule has 3 N–H and O–H groups in total. The van der Waals surface area contributed by atoms with Crippen LogP contribution in [0.4, 0.5) is 13.2 Å². The molecule has 0 aromatic heterocycles. The molecule has 542 valence electrons. The first-order chi connectivity index (χ1) is 45.9. The topological polar surface area (TPSA) is 270 Å². The highest BCUT2D eigenvalue weighted by molar-refractivity contribution is 6.31. The Balaban J connectivity index is 1.43. The van der Waals surface area contributed by atoms with Gasteiger partial charge < -0.3 is 60.0 Å². The number of likely N-dealkylation sites (N-methyl/N-ethyl adjacent to an activating group) is 8. The van der Waals surface area contributed by atoms with Gasteiger partial charge in [-0.25, -0.2) is 0 Å². The normalized spacial score (nSPS) is 25.0. The first-order valence-corrected chi connectivity index (χ1v) is 34.4. The Kier molecular flexibility index (Phi) is 27.7. The molecular weight excluding hydrogens is 1290 g/mol. The second-order valence-corrected chi connectivity index (χ2v) is 28.5. The average molecular weight is 1400 g/mol. The fraction of sp³-hybridized carbons (Fsp3) is 0.657. The van der Waals surface area contributed by atoms with Crippen molar-refractivity contribution in [2.75, 3.05) is 89.6 Å². The lowest BCUT2D eigenvalue weighted by Crippen LogP contribution is -2.65. The van der Waals surface area contributed by atoms with Crippen LogP contribution in [0.5, 0.6) is 0 Å². The molecule has 2 aromatic rings. The van der Waals surface area contributed by atoms with Crippen LogP contribution in [0.15, 0.2) is 42.5 Å². The molecule has 2 aromatic carbocycles. The van der Waals surface area contributed by atoms with Gasteiger partial charge in [-0.2, -0.15) is 13.2 Å². The maximum absolute atomic E-state index is 15.5. The van der Waals surface area contributed by atoms with E-state index in [1.165, 1.54) is 94.0 Å². The zero-order valence-electron chi connectivity index (χ0n) is 59.4. The van der Waals surface area contributed by atoms with Gasteiger partial charge >= 0.3 is 6.18 Å². The SMILES string of the molecule is CC[C@H](C)[C@@H]1NC(=O)[C@H](CC(C)C)N(C)C(=O)C[C@@H](C(=O)N(C)C)N(C)C(=O)[C@H](C2CCCC2)N(C)C(=O)C2(CCCC2)NC(=O)[C@@H]2CCCN2C(=O)[C@H](CCc2ccc(C(F)(F)F)c(Cl)c2)NC(=O)CN(C)C(=O)[C@H](Cc2ccc(C)cc2)N(C)C(=O)CN(C)C(=O)CN(C)C1=O. The zero-order chi connectivity index (χ0) is 73.0. The van der Waals surface area contributed by atoms with E-state index in [9.17, 15) is 51.5 Å². The monoisotopic (exact) mass is 1390 g/mol. The molecule has 6 rings (SSSR count). The second-order valence-electron chi connectivity index (χ2n) is 28.1. The largest absolute Gasteiger partial charge is 0.417 e. The van der Waals surface area contributed by atoms with Crippen molar-refractivity contribution in [3.8, 4) is 0 Å². The molecular formula is C70H102ClF3N12O12. The van der Waals surface area contributed by atoms with Gasteiger partial charge in [-0.3, -0.25) is 57.5 Å². The van der Waals surface area contributed by atoms with Gasteiger partial charge in [-0.1, -0.05) is 107 Å². The number of carbonyl (C=O) groups is 12. The summed E-state index contributed by atoms with van der Waals surface area (Å²) in [5.41, 5.74) is -0.834. The molecule has 98 heavy (non-hydrogen) atoms. The molecule has 1 spiro atoms. The second kappa shape index (κ2) is 34.3. The summed E-state index contributed by atoms with van der Waals surface area (Å²) < 4.78 is 41.5. The molecule has 12 amide bonds. The third-order valence-electron chi connectivity index (χ3n) is 20.1. The smallest absolute Gasteiger partial charge is 0.347 e. The Morgan fingerprint density at radius 2 is 1.26 bits per heavy atom. The number of nitrogens with one attached hydrogen (secondary N) is 3. The van der Waals surface area contributed by atoms with E-state index >= 15 is 19.2 Å². The van der Waals surface area contributed by atoms with Crippen molar-refractivity contribution in [3.05, 3.63) is 69.7 Å². The fourth-order valence-corrected chi connectivity index (χ4v) is 14.1. The van der Waals surface area contributed by atoms with Crippen molar-refractivity contribution in [2.24, 2.45) is 17.8 Å². The third kappa shape index (κ3) is 19.5. The number of aryl methyl sites for hydroxylation is 2. The van der Waals surface area contributed by atoms with Gasteiger partial charge in [0.05, 0.1) is 36.6 Å². The minimum Gasteiger partial charge on any atom is -0.347 e. The number of nitrogens with zero attached hydrogens (tertiary/aromatic N) is 9. The summed E-state index contributed by atoms with van der Waals surface area (Å²) in [6, 6.07) is 1.30. The fourth-order valence-electron chi connectivity index (χ4n) is 13.8. The van der Waals surface area contributed by atoms with Crippen molar-refractivity contribution >= 4 is 82.5 Å². The first-order valence-electron chi connectivity index (χ1n) is 34.1. The molecule has 0 unspecified atom stereocenters. The van der Waals surface area contributed by atoms with E-state index in [4.69, 9.17) is 11.6 Å². The quantitative estimate of drug-likeness (QED) is 0.277. The van der Waals surface area contributed by atoms with Crippen molar-refractivity contribution < 1.29 is 70.7 Å². The highest BCUT2D eigenvalue weighted by atomic mass is 35.5. The molecule has 4 fully saturated rings. The molecule has 24 nitrogen and oxygen atoms in total. The van der Waals surface area contributed by atoms with Crippen LogP contribution in [0.2, 0.25) is 5.02 Å². The van der Waals surface area contributed by atoms with Crippen LogP contribution >= 0.6 is 11.6 Å². The van der Waals surface area contributed by atoms with Gasteiger partial charge in [0, 0.05) is 76.4 Å². The number of alkyl halides is 3. The van der Waals surface area contributed by atoms with Crippen LogP contribution in [-0.2, 0) is 76.6 Å². The van der Waals surface area contributed by atoms with E-state index in [2.05, 4.69) is 16.0 Å². The molecule has 0 bridgehead atoms. The third-order valence-corrected chi connectivity index (χ3v) is 20.5. The van der Waals surface area contributed by atoms with Gasteiger partial charge in [0.1, 0.15) is 47.8 Å². The molecule has 0 radical (unpaired) electrons. The van der Waals surface area contributed by atoms with Crippen LogP contribution < -0.4 is 16.0 Å². The molecule has 8 atom stereocenters. The van der Waals surface area contributed by atoms with E-state index in [1.807, 2.05) is 39.8 Å². The number of benzene rings is 2. The van der Waals surface area contributed by atoms with Crippen LogP contribution in [0.3, 0.4) is 0 Å².